The van der Waals surface area contributed by atoms with Gasteiger partial charge in [-0.15, -0.1) is 0 Å². The summed E-state index contributed by atoms with van der Waals surface area (Å²) in [6.45, 7) is 2.58. The van der Waals surface area contributed by atoms with Crippen LogP contribution in [0.4, 0.5) is 0 Å². The smallest absolute Gasteiger partial charge is 0.328 e. The summed E-state index contributed by atoms with van der Waals surface area (Å²) in [7, 11) is -3.59. The number of esters is 1. The van der Waals surface area contributed by atoms with Crippen LogP contribution in [0.15, 0.2) is 29.2 Å². The van der Waals surface area contributed by atoms with Crippen molar-refractivity contribution < 1.29 is 22.7 Å². The van der Waals surface area contributed by atoms with Gasteiger partial charge in [-0.25, -0.2) is 13.2 Å². The van der Waals surface area contributed by atoms with E-state index in [1.807, 2.05) is 0 Å². The van der Waals surface area contributed by atoms with E-state index in [0.717, 1.165) is 38.5 Å². The Morgan fingerprint density at radius 3 is 2.48 bits per heavy atom. The minimum absolute atomic E-state index is 0.0641. The molecule has 3 rings (SSSR count). The van der Waals surface area contributed by atoms with Crippen molar-refractivity contribution in [3.8, 4) is 0 Å². The first-order valence-corrected chi connectivity index (χ1v) is 10.9. The minimum Gasteiger partial charge on any atom is -0.461 e. The zero-order chi connectivity index (χ0) is 19.4. The van der Waals surface area contributed by atoms with Gasteiger partial charge in [0.25, 0.3) is 5.91 Å². The Balaban J connectivity index is 1.65. The number of rotatable bonds is 6. The van der Waals surface area contributed by atoms with Gasteiger partial charge < -0.3 is 10.1 Å². The molecule has 7 nitrogen and oxygen atoms in total. The Kier molecular flexibility index (Phi) is 6.16. The molecule has 8 heteroatoms. The molecule has 2 fully saturated rings. The molecule has 1 aliphatic carbocycles. The van der Waals surface area contributed by atoms with Gasteiger partial charge in [0.1, 0.15) is 12.1 Å². The average Bonchev–Trinajstić information content (AvgIpc) is 3.35. The highest BCUT2D eigenvalue weighted by molar-refractivity contribution is 7.89. The topological polar surface area (TPSA) is 92.8 Å². The fraction of sp³-hybridized carbons (Fsp3) is 0.579. The maximum atomic E-state index is 12.7. The molecule has 1 aliphatic heterocycles. The molecule has 1 N–H and O–H groups in total. The van der Waals surface area contributed by atoms with Gasteiger partial charge in [0.15, 0.2) is 0 Å². The summed E-state index contributed by atoms with van der Waals surface area (Å²) in [5, 5.41) is 2.60. The first kappa shape index (κ1) is 19.8. The normalized spacial score (nSPS) is 19.7. The molecule has 0 aromatic heterocycles. The van der Waals surface area contributed by atoms with Crippen molar-refractivity contribution in [2.45, 2.75) is 62.5 Å². The van der Waals surface area contributed by atoms with E-state index in [4.69, 9.17) is 4.74 Å². The van der Waals surface area contributed by atoms with Crippen LogP contribution in [-0.4, -0.2) is 49.8 Å². The molecule has 0 bridgehead atoms. The molecule has 0 radical (unpaired) electrons. The van der Waals surface area contributed by atoms with Gasteiger partial charge in [0.05, 0.1) is 4.90 Å². The van der Waals surface area contributed by atoms with Crippen LogP contribution >= 0.6 is 0 Å². The van der Waals surface area contributed by atoms with E-state index in [0.29, 0.717) is 13.1 Å². The molecule has 1 saturated carbocycles. The number of hydrogen-bond donors (Lipinski definition) is 1. The summed E-state index contributed by atoms with van der Waals surface area (Å²) in [6, 6.07) is 5.13. The Morgan fingerprint density at radius 2 is 1.81 bits per heavy atom. The van der Waals surface area contributed by atoms with Crippen LogP contribution in [0.1, 0.15) is 55.8 Å². The number of amides is 1. The summed E-state index contributed by atoms with van der Waals surface area (Å²) < 4.78 is 32.1. The highest BCUT2D eigenvalue weighted by Crippen LogP contribution is 2.22. The summed E-state index contributed by atoms with van der Waals surface area (Å²) in [5.41, 5.74) is 0.204. The van der Waals surface area contributed by atoms with E-state index in [2.05, 4.69) is 5.32 Å². The van der Waals surface area contributed by atoms with Crippen molar-refractivity contribution in [1.82, 2.24) is 9.62 Å². The number of carbonyl (C=O) groups excluding carboxylic acids is 2. The molecule has 1 aromatic rings. The molecule has 1 aromatic carbocycles. The SMILES string of the molecule is C[C@H](NC(=O)c1cccc(S(=O)(=O)N2CCCC2)c1)C(=O)OC1CCCC1. The first-order chi connectivity index (χ1) is 12.9. The van der Waals surface area contributed by atoms with Crippen molar-refractivity contribution in [2.24, 2.45) is 0 Å². The van der Waals surface area contributed by atoms with Crippen LogP contribution in [0.2, 0.25) is 0 Å². The molecule has 2 aliphatic rings. The second kappa shape index (κ2) is 8.39. The molecule has 148 valence electrons. The predicted octanol–water partition coefficient (Wildman–Crippen LogP) is 2.08. The third kappa shape index (κ3) is 4.68. The lowest BCUT2D eigenvalue weighted by Gasteiger charge is -2.18. The van der Waals surface area contributed by atoms with Crippen LogP contribution in [0, 0.1) is 0 Å². The van der Waals surface area contributed by atoms with Gasteiger partial charge in [-0.2, -0.15) is 4.31 Å². The van der Waals surface area contributed by atoms with Gasteiger partial charge in [0.2, 0.25) is 10.0 Å². The highest BCUT2D eigenvalue weighted by Gasteiger charge is 2.28. The quantitative estimate of drug-likeness (QED) is 0.746. The Bertz CT molecular complexity index is 796. The molecule has 1 amide bonds. The van der Waals surface area contributed by atoms with Crippen molar-refractivity contribution in [2.75, 3.05) is 13.1 Å². The minimum atomic E-state index is -3.59. The van der Waals surface area contributed by atoms with E-state index < -0.39 is 27.9 Å². The lowest BCUT2D eigenvalue weighted by molar-refractivity contribution is -0.150. The zero-order valence-corrected chi connectivity index (χ0v) is 16.3. The average molecular weight is 394 g/mol. The lowest BCUT2D eigenvalue weighted by atomic mass is 10.2. The highest BCUT2D eigenvalue weighted by atomic mass is 32.2. The van der Waals surface area contributed by atoms with Crippen LogP contribution < -0.4 is 5.32 Å². The summed E-state index contributed by atoms with van der Waals surface area (Å²) in [4.78, 5) is 24.7. The fourth-order valence-electron chi connectivity index (χ4n) is 3.49. The zero-order valence-electron chi connectivity index (χ0n) is 15.5. The lowest BCUT2D eigenvalue weighted by Crippen LogP contribution is -2.40. The monoisotopic (exact) mass is 394 g/mol. The maximum Gasteiger partial charge on any atom is 0.328 e. The van der Waals surface area contributed by atoms with Crippen LogP contribution in [0.3, 0.4) is 0 Å². The van der Waals surface area contributed by atoms with Crippen LogP contribution in [-0.2, 0) is 19.6 Å². The molecule has 0 unspecified atom stereocenters. The third-order valence-electron chi connectivity index (χ3n) is 5.09. The maximum absolute atomic E-state index is 12.7. The number of sulfonamides is 1. The molecule has 27 heavy (non-hydrogen) atoms. The number of nitrogens with one attached hydrogen (secondary N) is 1. The van der Waals surface area contributed by atoms with Crippen LogP contribution in [0.25, 0.3) is 0 Å². The van der Waals surface area contributed by atoms with Crippen molar-refractivity contribution in [1.29, 1.82) is 0 Å². The molecule has 1 saturated heterocycles. The number of benzene rings is 1. The Morgan fingerprint density at radius 1 is 1.15 bits per heavy atom. The number of nitrogens with zero attached hydrogens (tertiary/aromatic N) is 1. The van der Waals surface area contributed by atoms with Gasteiger partial charge >= 0.3 is 5.97 Å². The van der Waals surface area contributed by atoms with Gasteiger partial charge in [-0.1, -0.05) is 6.07 Å². The van der Waals surface area contributed by atoms with E-state index in [1.165, 1.54) is 22.5 Å². The second-order valence-corrected chi connectivity index (χ2v) is 9.12. The van der Waals surface area contributed by atoms with Crippen molar-refractivity contribution in [3.05, 3.63) is 29.8 Å². The molecule has 0 spiro atoms. The van der Waals surface area contributed by atoms with E-state index in [-0.39, 0.29) is 16.6 Å². The summed E-state index contributed by atoms with van der Waals surface area (Å²) in [6.07, 6.45) is 5.46. The van der Waals surface area contributed by atoms with Crippen molar-refractivity contribution >= 4 is 21.9 Å². The van der Waals surface area contributed by atoms with Gasteiger partial charge in [-0.3, -0.25) is 4.79 Å². The molecular formula is C19H26N2O5S. The van der Waals surface area contributed by atoms with Crippen molar-refractivity contribution in [3.63, 3.8) is 0 Å². The van der Waals surface area contributed by atoms with E-state index >= 15 is 0 Å². The number of carbonyl (C=O) groups is 2. The summed E-state index contributed by atoms with van der Waals surface area (Å²) >= 11 is 0. The predicted molar refractivity (Wildman–Crippen MR) is 99.7 cm³/mol. The number of hydrogen-bond acceptors (Lipinski definition) is 5. The standard InChI is InChI=1S/C19H26N2O5S/c1-14(19(23)26-16-8-2-3-9-16)20-18(22)15-7-6-10-17(13-15)27(24,25)21-11-4-5-12-21/h6-7,10,13-14,16H,2-5,8-9,11-12H2,1H3,(H,20,22)/t14-/m0/s1. The fourth-order valence-corrected chi connectivity index (χ4v) is 5.05. The third-order valence-corrected chi connectivity index (χ3v) is 6.98. The molecular weight excluding hydrogens is 368 g/mol. The van der Waals surface area contributed by atoms with Gasteiger partial charge in [-0.05, 0) is 63.6 Å². The number of ether oxygens (including phenoxy) is 1. The van der Waals surface area contributed by atoms with Crippen LogP contribution in [0.5, 0.6) is 0 Å². The van der Waals surface area contributed by atoms with E-state index in [1.54, 1.807) is 13.0 Å². The second-order valence-electron chi connectivity index (χ2n) is 7.18. The molecule has 1 heterocycles. The molecule has 1 atom stereocenters. The Labute approximate surface area is 160 Å². The largest absolute Gasteiger partial charge is 0.461 e. The first-order valence-electron chi connectivity index (χ1n) is 9.49. The Hall–Kier alpha value is -1.93. The van der Waals surface area contributed by atoms with Gasteiger partial charge in [0, 0.05) is 18.7 Å². The van der Waals surface area contributed by atoms with E-state index in [9.17, 15) is 18.0 Å². The summed E-state index contributed by atoms with van der Waals surface area (Å²) in [5.74, 6) is -0.958.